The van der Waals surface area contributed by atoms with Gasteiger partial charge < -0.3 is 5.11 Å². The van der Waals surface area contributed by atoms with Gasteiger partial charge in [0.25, 0.3) is 5.91 Å². The van der Waals surface area contributed by atoms with Crippen LogP contribution in [0.3, 0.4) is 0 Å². The Morgan fingerprint density at radius 1 is 1.12 bits per heavy atom. The molecule has 3 rings (SSSR count). The zero-order chi connectivity index (χ0) is 18.4. The second kappa shape index (κ2) is 8.83. The number of aliphatic hydroxyl groups excluding tert-OH is 1. The van der Waals surface area contributed by atoms with Crippen LogP contribution in [-0.2, 0) is 11.4 Å². The Balaban J connectivity index is 1.89. The number of benzene rings is 2. The zero-order valence-electron chi connectivity index (χ0n) is 14.8. The van der Waals surface area contributed by atoms with Crippen LogP contribution in [0.2, 0.25) is 0 Å². The Bertz CT molecular complexity index is 814. The Hall–Kier alpha value is -2.37. The van der Waals surface area contributed by atoms with Gasteiger partial charge in [-0.3, -0.25) is 9.69 Å². The van der Waals surface area contributed by atoms with E-state index in [1.165, 1.54) is 11.8 Å². The van der Waals surface area contributed by atoms with Crippen molar-refractivity contribution >= 4 is 34.6 Å². The summed E-state index contributed by atoms with van der Waals surface area (Å²) in [5.41, 5.74) is 2.64. The molecule has 1 amide bonds. The number of hydrogen-bond acceptors (Lipinski definition) is 4. The normalized spacial score (nSPS) is 17.5. The van der Waals surface area contributed by atoms with Crippen molar-refractivity contribution in [3.8, 4) is 0 Å². The molecule has 0 radical (unpaired) electrons. The van der Waals surface area contributed by atoms with Gasteiger partial charge in [-0.15, -0.1) is 0 Å². The smallest absolute Gasteiger partial charge is 0.266 e. The van der Waals surface area contributed by atoms with Crippen LogP contribution in [0.15, 0.2) is 64.5 Å². The van der Waals surface area contributed by atoms with Crippen molar-refractivity contribution in [2.75, 3.05) is 6.54 Å². The first-order chi connectivity index (χ1) is 12.7. The summed E-state index contributed by atoms with van der Waals surface area (Å²) >= 11 is 1.42. The highest BCUT2D eigenvalue weighted by Gasteiger charge is 2.32. The molecule has 1 heterocycles. The van der Waals surface area contributed by atoms with Gasteiger partial charge in [-0.25, -0.2) is 4.99 Å². The Morgan fingerprint density at radius 2 is 1.85 bits per heavy atom. The maximum absolute atomic E-state index is 12.9. The Labute approximate surface area is 158 Å². The van der Waals surface area contributed by atoms with Crippen molar-refractivity contribution in [2.45, 2.75) is 26.4 Å². The second-order valence-corrected chi connectivity index (χ2v) is 7.06. The molecule has 0 aromatic heterocycles. The van der Waals surface area contributed by atoms with E-state index in [0.717, 1.165) is 34.8 Å². The van der Waals surface area contributed by atoms with E-state index in [2.05, 4.69) is 11.9 Å². The standard InChI is InChI=1S/C21H22N2O2S/c1-2-3-13-23-20(25)19(14-16-9-11-17(15-24)12-10-16)26-21(23)22-18-7-5-4-6-8-18/h4-12,14,24H,2-3,13,15H2,1H3. The first-order valence-electron chi connectivity index (χ1n) is 8.76. The molecule has 134 valence electrons. The van der Waals surface area contributed by atoms with Gasteiger partial charge in [0.05, 0.1) is 17.2 Å². The number of para-hydroxylation sites is 1. The average Bonchev–Trinajstić information content (AvgIpc) is 2.96. The minimum absolute atomic E-state index is 0.00404. The maximum atomic E-state index is 12.9. The quantitative estimate of drug-likeness (QED) is 0.761. The molecule has 0 aliphatic carbocycles. The van der Waals surface area contributed by atoms with Crippen LogP contribution < -0.4 is 0 Å². The minimum Gasteiger partial charge on any atom is -0.392 e. The van der Waals surface area contributed by atoms with E-state index in [9.17, 15) is 4.79 Å². The molecule has 1 aliphatic heterocycles. The number of aliphatic imine (C=N–C) groups is 1. The lowest BCUT2D eigenvalue weighted by atomic mass is 10.1. The monoisotopic (exact) mass is 366 g/mol. The molecule has 1 N–H and O–H groups in total. The summed E-state index contributed by atoms with van der Waals surface area (Å²) < 4.78 is 0. The molecule has 0 spiro atoms. The van der Waals surface area contributed by atoms with E-state index in [1.807, 2.05) is 60.7 Å². The van der Waals surface area contributed by atoms with Crippen LogP contribution >= 0.6 is 11.8 Å². The number of rotatable bonds is 6. The Morgan fingerprint density at radius 3 is 2.50 bits per heavy atom. The molecule has 1 fully saturated rings. The number of hydrogen-bond donors (Lipinski definition) is 1. The summed E-state index contributed by atoms with van der Waals surface area (Å²) in [6.45, 7) is 2.80. The summed E-state index contributed by atoms with van der Waals surface area (Å²) in [6.07, 6.45) is 3.86. The van der Waals surface area contributed by atoms with E-state index in [-0.39, 0.29) is 12.5 Å². The molecule has 5 heteroatoms. The van der Waals surface area contributed by atoms with Crippen molar-refractivity contribution in [3.05, 3.63) is 70.6 Å². The van der Waals surface area contributed by atoms with E-state index >= 15 is 0 Å². The van der Waals surface area contributed by atoms with Gasteiger partial charge >= 0.3 is 0 Å². The first-order valence-corrected chi connectivity index (χ1v) is 9.58. The number of amides is 1. The van der Waals surface area contributed by atoms with Gasteiger partial charge in [0.1, 0.15) is 0 Å². The molecule has 2 aromatic carbocycles. The van der Waals surface area contributed by atoms with Crippen molar-refractivity contribution in [1.82, 2.24) is 4.90 Å². The predicted molar refractivity (Wildman–Crippen MR) is 108 cm³/mol. The van der Waals surface area contributed by atoms with E-state index in [0.29, 0.717) is 11.4 Å². The van der Waals surface area contributed by atoms with Crippen LogP contribution in [0.1, 0.15) is 30.9 Å². The van der Waals surface area contributed by atoms with Crippen molar-refractivity contribution in [1.29, 1.82) is 0 Å². The van der Waals surface area contributed by atoms with Gasteiger partial charge in [-0.2, -0.15) is 0 Å². The second-order valence-electron chi connectivity index (χ2n) is 6.05. The number of aliphatic hydroxyl groups is 1. The van der Waals surface area contributed by atoms with Gasteiger partial charge in [-0.1, -0.05) is 55.8 Å². The summed E-state index contributed by atoms with van der Waals surface area (Å²) in [6, 6.07) is 17.3. The fraction of sp³-hybridized carbons (Fsp3) is 0.238. The maximum Gasteiger partial charge on any atom is 0.266 e. The van der Waals surface area contributed by atoms with Crippen molar-refractivity contribution in [3.63, 3.8) is 0 Å². The number of nitrogens with zero attached hydrogens (tertiary/aromatic N) is 2. The van der Waals surface area contributed by atoms with Crippen LogP contribution in [0.4, 0.5) is 5.69 Å². The highest BCUT2D eigenvalue weighted by molar-refractivity contribution is 8.18. The zero-order valence-corrected chi connectivity index (χ0v) is 15.6. The van der Waals surface area contributed by atoms with Crippen LogP contribution in [-0.4, -0.2) is 27.6 Å². The van der Waals surface area contributed by atoms with Gasteiger partial charge in [0.15, 0.2) is 5.17 Å². The number of amidine groups is 1. The summed E-state index contributed by atoms with van der Waals surface area (Å²) in [5, 5.41) is 9.88. The molecule has 4 nitrogen and oxygen atoms in total. The topological polar surface area (TPSA) is 52.9 Å². The van der Waals surface area contributed by atoms with Crippen LogP contribution in [0, 0.1) is 0 Å². The molecule has 0 atom stereocenters. The van der Waals surface area contributed by atoms with E-state index in [4.69, 9.17) is 5.11 Å². The van der Waals surface area contributed by atoms with E-state index < -0.39 is 0 Å². The summed E-state index contributed by atoms with van der Waals surface area (Å²) in [7, 11) is 0. The number of carbonyl (C=O) groups excluding carboxylic acids is 1. The molecular formula is C21H22N2O2S. The molecule has 0 bridgehead atoms. The summed E-state index contributed by atoms with van der Waals surface area (Å²) in [4.78, 5) is 20.0. The molecule has 2 aromatic rings. The molecular weight excluding hydrogens is 344 g/mol. The summed E-state index contributed by atoms with van der Waals surface area (Å²) in [5.74, 6) is 0.00404. The molecule has 1 aliphatic rings. The third kappa shape index (κ3) is 4.42. The predicted octanol–water partition coefficient (Wildman–Crippen LogP) is 4.58. The van der Waals surface area contributed by atoms with Crippen molar-refractivity contribution in [2.24, 2.45) is 4.99 Å². The first kappa shape index (κ1) is 18.4. The third-order valence-electron chi connectivity index (χ3n) is 4.06. The van der Waals surface area contributed by atoms with Gasteiger partial charge in [0.2, 0.25) is 0 Å². The minimum atomic E-state index is 0.00404. The highest BCUT2D eigenvalue weighted by atomic mass is 32.2. The molecule has 26 heavy (non-hydrogen) atoms. The van der Waals surface area contributed by atoms with Crippen LogP contribution in [0.5, 0.6) is 0 Å². The highest BCUT2D eigenvalue weighted by Crippen LogP contribution is 2.34. The molecule has 0 saturated carbocycles. The number of thioether (sulfide) groups is 1. The average molecular weight is 366 g/mol. The lowest BCUT2D eigenvalue weighted by Gasteiger charge is -2.14. The third-order valence-corrected chi connectivity index (χ3v) is 5.07. The lowest BCUT2D eigenvalue weighted by molar-refractivity contribution is -0.122. The molecule has 0 unspecified atom stereocenters. The Kier molecular flexibility index (Phi) is 6.26. The fourth-order valence-corrected chi connectivity index (χ4v) is 3.61. The number of unbranched alkanes of at least 4 members (excludes halogenated alkanes) is 1. The number of carbonyl (C=O) groups is 1. The van der Waals surface area contributed by atoms with Gasteiger partial charge in [0, 0.05) is 6.54 Å². The van der Waals surface area contributed by atoms with Gasteiger partial charge in [-0.05, 0) is 47.5 Å². The SMILES string of the molecule is CCCCN1C(=O)C(=Cc2ccc(CO)cc2)SC1=Nc1ccccc1. The van der Waals surface area contributed by atoms with E-state index in [1.54, 1.807) is 4.90 Å². The molecule has 1 saturated heterocycles. The lowest BCUT2D eigenvalue weighted by Crippen LogP contribution is -2.30. The largest absolute Gasteiger partial charge is 0.392 e. The van der Waals surface area contributed by atoms with Crippen molar-refractivity contribution < 1.29 is 9.90 Å². The fourth-order valence-electron chi connectivity index (χ4n) is 2.59. The van der Waals surface area contributed by atoms with Crippen LogP contribution in [0.25, 0.3) is 6.08 Å².